The number of aliphatic hydroxyl groups excluding tert-OH is 1. The molecule has 1 aromatic heterocycles. The van der Waals surface area contributed by atoms with Crippen LogP contribution >= 0.6 is 43.2 Å². The van der Waals surface area contributed by atoms with Crippen LogP contribution in [0.3, 0.4) is 0 Å². The van der Waals surface area contributed by atoms with Gasteiger partial charge in [0.2, 0.25) is 0 Å². The molecule has 2 aromatic rings. The summed E-state index contributed by atoms with van der Waals surface area (Å²) in [5, 5.41) is 12.5. The van der Waals surface area contributed by atoms with Gasteiger partial charge >= 0.3 is 0 Å². The van der Waals surface area contributed by atoms with E-state index < -0.39 is 6.10 Å². The van der Waals surface area contributed by atoms with Crippen LogP contribution in [0.1, 0.15) is 22.1 Å². The molecule has 0 spiro atoms. The third-order valence-corrected chi connectivity index (χ3v) is 5.35. The summed E-state index contributed by atoms with van der Waals surface area (Å²) in [7, 11) is 0. The van der Waals surface area contributed by atoms with Crippen LogP contribution in [0, 0.1) is 0 Å². The number of thiophene rings is 1. The van der Waals surface area contributed by atoms with Crippen LogP contribution in [0.5, 0.6) is 5.75 Å². The highest BCUT2D eigenvalue weighted by atomic mass is 79.9. The average molecular weight is 390 g/mol. The average Bonchev–Trinajstić information content (AvgIpc) is 2.95. The van der Waals surface area contributed by atoms with E-state index in [4.69, 9.17) is 4.74 Å². The van der Waals surface area contributed by atoms with Crippen LogP contribution in [0.4, 0.5) is 0 Å². The van der Waals surface area contributed by atoms with E-state index in [0.717, 1.165) is 37.1 Å². The molecule has 1 aliphatic rings. The predicted octanol–water partition coefficient (Wildman–Crippen LogP) is 4.29. The lowest BCUT2D eigenvalue weighted by atomic mass is 10.0. The van der Waals surface area contributed by atoms with Crippen molar-refractivity contribution < 1.29 is 9.84 Å². The summed E-state index contributed by atoms with van der Waals surface area (Å²) in [6, 6.07) is 5.94. The van der Waals surface area contributed by atoms with Crippen LogP contribution < -0.4 is 4.74 Å². The van der Waals surface area contributed by atoms with E-state index in [1.54, 1.807) is 0 Å². The molecule has 0 fully saturated rings. The molecule has 1 aliphatic heterocycles. The number of hydrogen-bond acceptors (Lipinski definition) is 3. The van der Waals surface area contributed by atoms with Crippen LogP contribution in [-0.2, 0) is 6.42 Å². The molecule has 0 radical (unpaired) electrons. The molecule has 0 saturated heterocycles. The molecule has 1 aromatic carbocycles. The van der Waals surface area contributed by atoms with Gasteiger partial charge in [-0.05, 0) is 45.1 Å². The lowest BCUT2D eigenvalue weighted by molar-refractivity contribution is 0.216. The quantitative estimate of drug-likeness (QED) is 0.830. The second-order valence-electron chi connectivity index (χ2n) is 4.12. The fraction of sp³-hybridized carbons (Fsp3) is 0.231. The Bertz CT molecular complexity index is 595. The van der Waals surface area contributed by atoms with Gasteiger partial charge in [-0.3, -0.25) is 0 Å². The number of fused-ring (bicyclic) bond motifs is 1. The van der Waals surface area contributed by atoms with Gasteiger partial charge in [-0.2, -0.15) is 0 Å². The molecule has 1 N–H and O–H groups in total. The van der Waals surface area contributed by atoms with Crippen molar-refractivity contribution in [3.05, 3.63) is 48.5 Å². The summed E-state index contributed by atoms with van der Waals surface area (Å²) in [6.45, 7) is 0.692. The zero-order valence-corrected chi connectivity index (χ0v) is 13.3. The Morgan fingerprint density at radius 3 is 2.89 bits per heavy atom. The predicted molar refractivity (Wildman–Crippen MR) is 79.4 cm³/mol. The van der Waals surface area contributed by atoms with Gasteiger partial charge in [0.25, 0.3) is 0 Å². The second kappa shape index (κ2) is 4.96. The molecule has 94 valence electrons. The van der Waals surface area contributed by atoms with E-state index in [0.29, 0.717) is 6.61 Å². The monoisotopic (exact) mass is 388 g/mol. The van der Waals surface area contributed by atoms with Gasteiger partial charge in [-0.15, -0.1) is 11.3 Å². The maximum absolute atomic E-state index is 10.5. The largest absolute Gasteiger partial charge is 0.493 e. The molecule has 2 heterocycles. The normalized spacial score (nSPS) is 15.3. The standard InChI is InChI=1S/C13H10Br2O2S/c14-8-5-7-1-3-17-12(7)9(6-8)11(16)13-10(15)2-4-18-13/h2,4-6,11,16H,1,3H2. The van der Waals surface area contributed by atoms with Crippen molar-refractivity contribution in [2.24, 2.45) is 0 Å². The number of rotatable bonds is 2. The highest BCUT2D eigenvalue weighted by molar-refractivity contribution is 9.10. The molecule has 18 heavy (non-hydrogen) atoms. The van der Waals surface area contributed by atoms with Crippen molar-refractivity contribution in [2.75, 3.05) is 6.61 Å². The third kappa shape index (κ3) is 2.13. The van der Waals surface area contributed by atoms with E-state index in [-0.39, 0.29) is 0 Å². The fourth-order valence-corrected chi connectivity index (χ4v) is 4.26. The fourth-order valence-electron chi connectivity index (χ4n) is 2.14. The van der Waals surface area contributed by atoms with Crippen LogP contribution in [-0.4, -0.2) is 11.7 Å². The second-order valence-corrected chi connectivity index (χ2v) is 6.83. The topological polar surface area (TPSA) is 29.5 Å². The van der Waals surface area contributed by atoms with Gasteiger partial charge in [-0.25, -0.2) is 0 Å². The van der Waals surface area contributed by atoms with E-state index in [9.17, 15) is 5.11 Å². The highest BCUT2D eigenvalue weighted by Crippen LogP contribution is 2.41. The molecule has 2 nitrogen and oxygen atoms in total. The Morgan fingerprint density at radius 2 is 2.17 bits per heavy atom. The van der Waals surface area contributed by atoms with Gasteiger partial charge in [0, 0.05) is 20.9 Å². The number of aliphatic hydroxyl groups is 1. The van der Waals surface area contributed by atoms with Crippen molar-refractivity contribution in [2.45, 2.75) is 12.5 Å². The van der Waals surface area contributed by atoms with Crippen molar-refractivity contribution in [3.8, 4) is 5.75 Å². The van der Waals surface area contributed by atoms with Crippen molar-refractivity contribution in [3.63, 3.8) is 0 Å². The Hall–Kier alpha value is -0.360. The van der Waals surface area contributed by atoms with E-state index in [2.05, 4.69) is 37.9 Å². The van der Waals surface area contributed by atoms with E-state index in [1.165, 1.54) is 11.3 Å². The van der Waals surface area contributed by atoms with Crippen LogP contribution in [0.2, 0.25) is 0 Å². The van der Waals surface area contributed by atoms with Crippen LogP contribution in [0.25, 0.3) is 0 Å². The van der Waals surface area contributed by atoms with Crippen molar-refractivity contribution >= 4 is 43.2 Å². The summed E-state index contributed by atoms with van der Waals surface area (Å²) < 4.78 is 7.57. The first kappa shape index (κ1) is 12.7. The molecule has 1 atom stereocenters. The van der Waals surface area contributed by atoms with Gasteiger partial charge in [0.05, 0.1) is 11.5 Å². The summed E-state index contributed by atoms with van der Waals surface area (Å²) in [5.41, 5.74) is 1.99. The molecule has 3 rings (SSSR count). The third-order valence-electron chi connectivity index (χ3n) is 2.96. The molecule has 1 unspecified atom stereocenters. The molecule has 5 heteroatoms. The van der Waals surface area contributed by atoms with E-state index >= 15 is 0 Å². The van der Waals surface area contributed by atoms with Gasteiger partial charge in [0.1, 0.15) is 11.9 Å². The lowest BCUT2D eigenvalue weighted by Gasteiger charge is -2.14. The van der Waals surface area contributed by atoms with Gasteiger partial charge in [-0.1, -0.05) is 15.9 Å². The first-order chi connectivity index (χ1) is 8.66. The SMILES string of the molecule is OC(c1cc(Br)cc2c1OCC2)c1sccc1Br. The van der Waals surface area contributed by atoms with Gasteiger partial charge < -0.3 is 9.84 Å². The Morgan fingerprint density at radius 1 is 1.33 bits per heavy atom. The molecular weight excluding hydrogens is 380 g/mol. The minimum atomic E-state index is -0.649. The summed E-state index contributed by atoms with van der Waals surface area (Å²) in [5.74, 6) is 0.839. The first-order valence-corrected chi connectivity index (χ1v) is 7.99. The summed E-state index contributed by atoms with van der Waals surface area (Å²) in [4.78, 5) is 0.908. The highest BCUT2D eigenvalue weighted by Gasteiger charge is 2.24. The van der Waals surface area contributed by atoms with Crippen LogP contribution in [0.15, 0.2) is 32.5 Å². The summed E-state index contributed by atoms with van der Waals surface area (Å²) >= 11 is 8.49. The Kier molecular flexibility index (Phi) is 3.49. The smallest absolute Gasteiger partial charge is 0.128 e. The molecule has 0 aliphatic carbocycles. The van der Waals surface area contributed by atoms with Crippen molar-refractivity contribution in [1.82, 2.24) is 0 Å². The lowest BCUT2D eigenvalue weighted by Crippen LogP contribution is -2.01. The minimum Gasteiger partial charge on any atom is -0.493 e. The number of ether oxygens (including phenoxy) is 1. The van der Waals surface area contributed by atoms with E-state index in [1.807, 2.05) is 17.5 Å². The first-order valence-electron chi connectivity index (χ1n) is 5.53. The van der Waals surface area contributed by atoms with Crippen molar-refractivity contribution in [1.29, 1.82) is 0 Å². The molecule has 0 saturated carbocycles. The molecular formula is C13H10Br2O2S. The Balaban J connectivity index is 2.10. The maximum atomic E-state index is 10.5. The van der Waals surface area contributed by atoms with Gasteiger partial charge in [0.15, 0.2) is 0 Å². The summed E-state index contributed by atoms with van der Waals surface area (Å²) in [6.07, 6.45) is 0.254. The number of halogens is 2. The zero-order chi connectivity index (χ0) is 12.7. The number of benzene rings is 1. The number of hydrogen-bond donors (Lipinski definition) is 1. The Labute approximate surface area is 126 Å². The minimum absolute atomic E-state index is 0.649. The molecule has 0 amide bonds. The molecule has 0 bridgehead atoms. The maximum Gasteiger partial charge on any atom is 0.128 e. The zero-order valence-electron chi connectivity index (χ0n) is 9.32.